The van der Waals surface area contributed by atoms with E-state index in [1.165, 1.54) is 18.7 Å². The number of aromatic nitrogens is 3. The molecule has 1 heterocycles. The molecule has 0 aliphatic rings. The predicted octanol–water partition coefficient (Wildman–Crippen LogP) is 1.47. The molecule has 1 aromatic heterocycles. The van der Waals surface area contributed by atoms with Gasteiger partial charge < -0.3 is 5.32 Å². The van der Waals surface area contributed by atoms with Gasteiger partial charge in [0, 0.05) is 5.69 Å². The summed E-state index contributed by atoms with van der Waals surface area (Å²) in [7, 11) is 0. The van der Waals surface area contributed by atoms with Gasteiger partial charge in [0.2, 0.25) is 0 Å². The van der Waals surface area contributed by atoms with Crippen molar-refractivity contribution in [2.24, 2.45) is 0 Å². The van der Waals surface area contributed by atoms with Crippen LogP contribution in [0.15, 0.2) is 36.9 Å². The highest BCUT2D eigenvalue weighted by Gasteiger charge is 2.14. The quantitative estimate of drug-likeness (QED) is 0.880. The average molecular weight is 238 g/mol. The van der Waals surface area contributed by atoms with Crippen molar-refractivity contribution in [2.75, 3.05) is 5.32 Å². The molecule has 0 aliphatic carbocycles. The maximum atomic E-state index is 12.1. The van der Waals surface area contributed by atoms with Gasteiger partial charge in [-0.1, -0.05) is 6.07 Å². The van der Waals surface area contributed by atoms with Gasteiger partial charge in [-0.05, 0) is 18.2 Å². The summed E-state index contributed by atoms with van der Waals surface area (Å²) in [5.41, 5.74) is 0.962. The summed E-state index contributed by atoms with van der Waals surface area (Å²) in [4.78, 5) is 10.8. The average Bonchev–Trinajstić information content (AvgIpc) is 2.82. The zero-order chi connectivity index (χ0) is 12.3. The van der Waals surface area contributed by atoms with Crippen molar-refractivity contribution in [3.05, 3.63) is 36.9 Å². The lowest BCUT2D eigenvalue weighted by molar-refractivity contribution is -0.126. The minimum atomic E-state index is -3.03. The van der Waals surface area contributed by atoms with Crippen LogP contribution in [0, 0.1) is 0 Å². The Balaban J connectivity index is 2.20. The Morgan fingerprint density at radius 2 is 2.00 bits per heavy atom. The molecule has 0 aliphatic heterocycles. The zero-order valence-corrected chi connectivity index (χ0v) is 8.55. The van der Waals surface area contributed by atoms with Gasteiger partial charge in [-0.15, -0.1) is 10.2 Å². The Hall–Kier alpha value is -2.31. The molecular formula is C10H8F2N4O. The monoisotopic (exact) mass is 238 g/mol. The summed E-state index contributed by atoms with van der Waals surface area (Å²) >= 11 is 0. The molecule has 1 N–H and O–H groups in total. The van der Waals surface area contributed by atoms with Crippen molar-refractivity contribution < 1.29 is 13.6 Å². The molecular weight excluding hydrogens is 230 g/mol. The first kappa shape index (κ1) is 11.2. The van der Waals surface area contributed by atoms with Crippen LogP contribution in [0.3, 0.4) is 0 Å². The van der Waals surface area contributed by atoms with E-state index in [-0.39, 0.29) is 0 Å². The van der Waals surface area contributed by atoms with Gasteiger partial charge in [-0.3, -0.25) is 9.36 Å². The van der Waals surface area contributed by atoms with E-state index in [1.54, 1.807) is 22.8 Å². The summed E-state index contributed by atoms with van der Waals surface area (Å²) in [6, 6.07) is 6.44. The lowest BCUT2D eigenvalue weighted by atomic mass is 10.2. The fourth-order valence-corrected chi connectivity index (χ4v) is 1.28. The van der Waals surface area contributed by atoms with Crippen molar-refractivity contribution in [1.82, 2.24) is 14.8 Å². The number of carbonyl (C=O) groups is 1. The number of rotatable bonds is 3. The van der Waals surface area contributed by atoms with Gasteiger partial charge in [-0.2, -0.15) is 8.78 Å². The molecule has 1 amide bonds. The molecule has 0 fully saturated rings. The first-order valence-corrected chi connectivity index (χ1v) is 4.71. The number of hydrogen-bond acceptors (Lipinski definition) is 3. The van der Waals surface area contributed by atoms with E-state index in [4.69, 9.17) is 0 Å². The van der Waals surface area contributed by atoms with E-state index in [0.717, 1.165) is 0 Å². The summed E-state index contributed by atoms with van der Waals surface area (Å²) in [5, 5.41) is 9.35. The lowest BCUT2D eigenvalue weighted by Crippen LogP contribution is -2.20. The number of anilines is 1. The Labute approximate surface area is 95.1 Å². The molecule has 88 valence electrons. The van der Waals surface area contributed by atoms with Gasteiger partial charge in [-0.25, -0.2) is 0 Å². The smallest absolute Gasteiger partial charge is 0.315 e. The van der Waals surface area contributed by atoms with Crippen LogP contribution in [0.5, 0.6) is 0 Å². The van der Waals surface area contributed by atoms with Crippen LogP contribution in [0.25, 0.3) is 5.69 Å². The molecule has 1 aromatic carbocycles. The second-order valence-corrected chi connectivity index (χ2v) is 3.21. The zero-order valence-electron chi connectivity index (χ0n) is 8.55. The predicted molar refractivity (Wildman–Crippen MR) is 56.0 cm³/mol. The van der Waals surface area contributed by atoms with Crippen molar-refractivity contribution in [3.63, 3.8) is 0 Å². The topological polar surface area (TPSA) is 59.8 Å². The Bertz CT molecular complexity index is 513. The molecule has 0 atom stereocenters. The van der Waals surface area contributed by atoms with Crippen molar-refractivity contribution in [1.29, 1.82) is 0 Å². The van der Waals surface area contributed by atoms with Crippen molar-refractivity contribution in [3.8, 4) is 5.69 Å². The largest absolute Gasteiger partial charge is 0.321 e. The van der Waals surface area contributed by atoms with Crippen LogP contribution in [-0.2, 0) is 4.79 Å². The number of carbonyl (C=O) groups excluding carboxylic acids is 1. The maximum Gasteiger partial charge on any atom is 0.315 e. The molecule has 0 saturated carbocycles. The Kier molecular flexibility index (Phi) is 3.08. The van der Waals surface area contributed by atoms with Crippen LogP contribution in [-0.4, -0.2) is 27.1 Å². The highest BCUT2D eigenvalue weighted by molar-refractivity contribution is 5.93. The van der Waals surface area contributed by atoms with E-state index >= 15 is 0 Å². The van der Waals surface area contributed by atoms with Crippen LogP contribution in [0.4, 0.5) is 14.5 Å². The number of halogens is 2. The van der Waals surface area contributed by atoms with Crippen LogP contribution in [0.1, 0.15) is 0 Å². The van der Waals surface area contributed by atoms with Crippen LogP contribution >= 0.6 is 0 Å². The highest BCUT2D eigenvalue weighted by atomic mass is 19.3. The van der Waals surface area contributed by atoms with Gasteiger partial charge in [0.1, 0.15) is 12.7 Å². The Morgan fingerprint density at radius 1 is 1.29 bits per heavy atom. The van der Waals surface area contributed by atoms with Crippen LogP contribution in [0.2, 0.25) is 0 Å². The number of benzene rings is 1. The number of hydrogen-bond donors (Lipinski definition) is 1. The fraction of sp³-hybridized carbons (Fsp3) is 0.100. The molecule has 0 bridgehead atoms. The molecule has 0 spiro atoms. The number of amides is 1. The van der Waals surface area contributed by atoms with E-state index in [9.17, 15) is 13.6 Å². The van der Waals surface area contributed by atoms with E-state index in [1.807, 2.05) is 0 Å². The van der Waals surface area contributed by atoms with E-state index < -0.39 is 12.3 Å². The number of alkyl halides is 2. The number of nitrogens with zero attached hydrogens (tertiary/aromatic N) is 3. The first-order chi connectivity index (χ1) is 8.16. The number of nitrogens with one attached hydrogen (secondary N) is 1. The molecule has 0 radical (unpaired) electrons. The van der Waals surface area contributed by atoms with Gasteiger partial charge >= 0.3 is 6.43 Å². The standard InChI is InChI=1S/C10H8F2N4O/c11-9(12)10(17)15-7-2-1-3-8(4-7)16-5-13-14-6-16/h1-6,9H,(H,15,17). The highest BCUT2D eigenvalue weighted by Crippen LogP contribution is 2.14. The molecule has 17 heavy (non-hydrogen) atoms. The third-order valence-corrected chi connectivity index (χ3v) is 2.03. The second-order valence-electron chi connectivity index (χ2n) is 3.21. The summed E-state index contributed by atoms with van der Waals surface area (Å²) in [6.07, 6.45) is -0.101. The molecule has 2 aromatic rings. The SMILES string of the molecule is O=C(Nc1cccc(-n2cnnc2)c1)C(F)F. The molecule has 0 saturated heterocycles. The second kappa shape index (κ2) is 4.69. The first-order valence-electron chi connectivity index (χ1n) is 4.71. The third-order valence-electron chi connectivity index (χ3n) is 2.03. The molecule has 5 nitrogen and oxygen atoms in total. The maximum absolute atomic E-state index is 12.1. The normalized spacial score (nSPS) is 10.5. The summed E-state index contributed by atoms with van der Waals surface area (Å²) in [6.45, 7) is 0. The van der Waals surface area contributed by atoms with E-state index in [0.29, 0.717) is 11.4 Å². The Morgan fingerprint density at radius 3 is 2.65 bits per heavy atom. The van der Waals surface area contributed by atoms with Gasteiger partial charge in [0.25, 0.3) is 5.91 Å². The molecule has 0 unspecified atom stereocenters. The lowest BCUT2D eigenvalue weighted by Gasteiger charge is -2.06. The molecule has 7 heteroatoms. The van der Waals surface area contributed by atoms with Crippen LogP contribution < -0.4 is 5.32 Å². The minimum absolute atomic E-state index is 0.293. The van der Waals surface area contributed by atoms with Gasteiger partial charge in [0.05, 0.1) is 5.69 Å². The fourth-order valence-electron chi connectivity index (χ4n) is 1.28. The molecule has 2 rings (SSSR count). The third kappa shape index (κ3) is 2.63. The van der Waals surface area contributed by atoms with Gasteiger partial charge in [0.15, 0.2) is 0 Å². The van der Waals surface area contributed by atoms with Crippen molar-refractivity contribution in [2.45, 2.75) is 6.43 Å². The summed E-state index contributed by atoms with van der Waals surface area (Å²) < 4.78 is 25.7. The minimum Gasteiger partial charge on any atom is -0.321 e. The summed E-state index contributed by atoms with van der Waals surface area (Å²) in [5.74, 6) is -1.33. The van der Waals surface area contributed by atoms with E-state index in [2.05, 4.69) is 15.5 Å². The van der Waals surface area contributed by atoms with Crippen molar-refractivity contribution >= 4 is 11.6 Å².